The van der Waals surface area contributed by atoms with E-state index >= 15 is 0 Å². The number of esters is 2. The molecular formula is C44H79ClN10O11S. The maximum atomic E-state index is 14.3. The van der Waals surface area contributed by atoms with Gasteiger partial charge < -0.3 is 63.8 Å². The van der Waals surface area contributed by atoms with Crippen LogP contribution in [0.25, 0.3) is 0 Å². The molecule has 7 atom stereocenters. The van der Waals surface area contributed by atoms with Crippen LogP contribution in [0.5, 0.6) is 0 Å². The number of fused-ring (bicyclic) bond motifs is 1. The van der Waals surface area contributed by atoms with E-state index < -0.39 is 89.1 Å². The molecule has 0 bridgehead atoms. The van der Waals surface area contributed by atoms with Crippen molar-refractivity contribution in [1.82, 2.24) is 37.2 Å². The molecule has 0 radical (unpaired) electrons. The summed E-state index contributed by atoms with van der Waals surface area (Å²) in [5.74, 6) is -3.72. The average Bonchev–Trinajstić information content (AvgIpc) is 3.71. The Morgan fingerprint density at radius 3 is 1.88 bits per heavy atom. The Hall–Kier alpha value is -4.73. The zero-order valence-electron chi connectivity index (χ0n) is 41.2. The monoisotopic (exact) mass is 991 g/mol. The molecule has 2 aliphatic rings. The van der Waals surface area contributed by atoms with Gasteiger partial charge in [0.1, 0.15) is 41.0 Å². The van der Waals surface area contributed by atoms with Crippen LogP contribution in [0.1, 0.15) is 140 Å². The predicted octanol–water partition coefficient (Wildman–Crippen LogP) is -2.79. The van der Waals surface area contributed by atoms with E-state index in [0.717, 1.165) is 18.6 Å². The summed E-state index contributed by atoms with van der Waals surface area (Å²) in [6, 6.07) is -5.10. The van der Waals surface area contributed by atoms with Crippen molar-refractivity contribution in [3.63, 3.8) is 0 Å². The molecule has 0 aliphatic carbocycles. The summed E-state index contributed by atoms with van der Waals surface area (Å²) in [5.41, 5.74) is 8.36. The second-order valence-corrected chi connectivity index (χ2v) is 21.4. The number of thioether (sulfide) groups is 1. The lowest BCUT2D eigenvalue weighted by Crippen LogP contribution is -3.00. The first-order chi connectivity index (χ1) is 30.5. The largest absolute Gasteiger partial charge is 1.00 e. The third kappa shape index (κ3) is 24.7. The van der Waals surface area contributed by atoms with Crippen LogP contribution in [-0.4, -0.2) is 131 Å². The lowest BCUT2D eigenvalue weighted by atomic mass is 10.0. The number of carbonyl (C=O) groups excluding carboxylic acids is 8. The normalized spacial score (nSPS) is 18.5. The van der Waals surface area contributed by atoms with Crippen LogP contribution in [0, 0.1) is 5.92 Å². The first-order valence-corrected chi connectivity index (χ1v) is 24.0. The highest BCUT2D eigenvalue weighted by atomic mass is 35.5. The van der Waals surface area contributed by atoms with Gasteiger partial charge >= 0.3 is 30.0 Å². The number of halogens is 1. The Labute approximate surface area is 406 Å². The second-order valence-electron chi connectivity index (χ2n) is 20.1. The molecule has 0 aromatic rings. The van der Waals surface area contributed by atoms with Gasteiger partial charge in [-0.15, -0.1) is 0 Å². The van der Waals surface area contributed by atoms with E-state index in [1.165, 1.54) is 0 Å². The number of nitrogens with one attached hydrogen (secondary N) is 8. The molecular weight excluding hydrogens is 912 g/mol. The van der Waals surface area contributed by atoms with Crippen LogP contribution in [0.2, 0.25) is 0 Å². The van der Waals surface area contributed by atoms with Gasteiger partial charge in [-0.2, -0.15) is 11.8 Å². The molecule has 2 rings (SSSR count). The SMILES string of the molecule is CC(C)[C@H](NC(=O)[C@H](CC(=O)OC(C)(C)C)NC(=O)[C@H](CCCCNC(=O)CCCC[C@@H]1SC[C@@H]2NC(=O)N[C@@H]21)NC(=O)[C@H](CCC[NH+]=C(N)N)NC(=O)OC(C)(C)C)C(=O)OC(C)(C)C.[Cl-]. The molecule has 21 nitrogen and oxygen atoms in total. The number of ether oxygens (including phenoxy) is 3. The van der Waals surface area contributed by atoms with E-state index in [1.807, 2.05) is 11.8 Å². The molecule has 0 saturated carbocycles. The van der Waals surface area contributed by atoms with Crippen molar-refractivity contribution in [2.24, 2.45) is 17.4 Å². The molecule has 0 aromatic carbocycles. The third-order valence-electron chi connectivity index (χ3n) is 10.0. The lowest BCUT2D eigenvalue weighted by Gasteiger charge is -2.29. The van der Waals surface area contributed by atoms with Gasteiger partial charge in [0.25, 0.3) is 0 Å². The molecule has 0 spiro atoms. The summed E-state index contributed by atoms with van der Waals surface area (Å²) in [6.45, 7) is 18.9. The number of alkyl carbamates (subject to hydrolysis) is 1. The van der Waals surface area contributed by atoms with Gasteiger partial charge in [0.2, 0.25) is 23.6 Å². The number of nitrogens with two attached hydrogens (primary N) is 2. The minimum atomic E-state index is -1.56. The Kier molecular flexibility index (Phi) is 25.1. The molecule has 0 unspecified atom stereocenters. The summed E-state index contributed by atoms with van der Waals surface area (Å²) < 4.78 is 16.4. The molecule has 0 aromatic heterocycles. The van der Waals surface area contributed by atoms with Crippen molar-refractivity contribution in [2.45, 2.75) is 199 Å². The van der Waals surface area contributed by atoms with Crippen molar-refractivity contribution in [3.05, 3.63) is 0 Å². The minimum absolute atomic E-state index is 0. The fraction of sp³-hybridized carbons (Fsp3) is 0.795. The van der Waals surface area contributed by atoms with E-state index in [1.54, 1.807) is 76.2 Å². The van der Waals surface area contributed by atoms with Gasteiger partial charge in [-0.05, 0) is 113 Å². The van der Waals surface area contributed by atoms with Crippen molar-refractivity contribution in [2.75, 3.05) is 18.8 Å². The molecule has 2 aliphatic heterocycles. The van der Waals surface area contributed by atoms with Gasteiger partial charge in [0.15, 0.2) is 0 Å². The Morgan fingerprint density at radius 1 is 0.731 bits per heavy atom. The summed E-state index contributed by atoms with van der Waals surface area (Å²) in [5, 5.41) is 19.6. The Bertz CT molecular complexity index is 1710. The third-order valence-corrected chi connectivity index (χ3v) is 11.5. The van der Waals surface area contributed by atoms with Crippen molar-refractivity contribution in [3.8, 4) is 0 Å². The average molecular weight is 992 g/mol. The maximum absolute atomic E-state index is 14.3. The number of unbranched alkanes of at least 4 members (excludes halogenated alkanes) is 2. The molecule has 12 N–H and O–H groups in total. The van der Waals surface area contributed by atoms with E-state index in [4.69, 9.17) is 25.7 Å². The van der Waals surface area contributed by atoms with Crippen LogP contribution < -0.4 is 66.1 Å². The van der Waals surface area contributed by atoms with Gasteiger partial charge in [0, 0.05) is 24.0 Å². The topological polar surface area (TPSA) is 314 Å². The maximum Gasteiger partial charge on any atom is 0.408 e. The highest BCUT2D eigenvalue weighted by Gasteiger charge is 2.42. The summed E-state index contributed by atoms with van der Waals surface area (Å²) in [4.78, 5) is 109. The predicted molar refractivity (Wildman–Crippen MR) is 249 cm³/mol. The highest BCUT2D eigenvalue weighted by molar-refractivity contribution is 8.00. The lowest BCUT2D eigenvalue weighted by molar-refractivity contribution is -0.459. The minimum Gasteiger partial charge on any atom is -1.00 e. The van der Waals surface area contributed by atoms with Crippen LogP contribution >= 0.6 is 11.8 Å². The molecule has 2 saturated heterocycles. The zero-order chi connectivity index (χ0) is 50.0. The summed E-state index contributed by atoms with van der Waals surface area (Å²) in [6.07, 6.45) is 2.35. The van der Waals surface area contributed by atoms with Gasteiger partial charge in [-0.25, -0.2) is 14.4 Å². The summed E-state index contributed by atoms with van der Waals surface area (Å²) in [7, 11) is 0. The Morgan fingerprint density at radius 2 is 1.30 bits per heavy atom. The zero-order valence-corrected chi connectivity index (χ0v) is 42.8. The number of hydrogen-bond donors (Lipinski definition) is 10. The number of amides is 7. The molecule has 23 heteroatoms. The fourth-order valence-corrected chi connectivity index (χ4v) is 8.55. The summed E-state index contributed by atoms with van der Waals surface area (Å²) >= 11 is 1.82. The Balaban J connectivity index is 0.0000224. The second kappa shape index (κ2) is 27.9. The van der Waals surface area contributed by atoms with Gasteiger partial charge in [0.05, 0.1) is 25.0 Å². The molecule has 2 fully saturated rings. The number of rotatable bonds is 25. The van der Waals surface area contributed by atoms with Crippen LogP contribution in [0.15, 0.2) is 0 Å². The van der Waals surface area contributed by atoms with Gasteiger partial charge in [-0.1, -0.05) is 20.3 Å². The first kappa shape index (κ1) is 60.3. The van der Waals surface area contributed by atoms with E-state index in [9.17, 15) is 38.4 Å². The van der Waals surface area contributed by atoms with Crippen LogP contribution in [0.4, 0.5) is 9.59 Å². The first-order valence-electron chi connectivity index (χ1n) is 23.0. The number of carbonyl (C=O) groups is 8. The highest BCUT2D eigenvalue weighted by Crippen LogP contribution is 2.33. The smallest absolute Gasteiger partial charge is 0.408 e. The van der Waals surface area contributed by atoms with Crippen molar-refractivity contribution >= 4 is 65.4 Å². The number of urea groups is 1. The fourth-order valence-electron chi connectivity index (χ4n) is 7.01. The van der Waals surface area contributed by atoms with E-state index in [0.29, 0.717) is 37.4 Å². The quantitative estimate of drug-likeness (QED) is 0.0111. The molecule has 7 amide bonds. The van der Waals surface area contributed by atoms with Crippen molar-refractivity contribution < 1.29 is 70.0 Å². The number of guanidine groups is 1. The van der Waals surface area contributed by atoms with Crippen molar-refractivity contribution in [1.29, 1.82) is 0 Å². The van der Waals surface area contributed by atoms with Crippen LogP contribution in [0.3, 0.4) is 0 Å². The van der Waals surface area contributed by atoms with E-state index in [2.05, 4.69) is 42.2 Å². The van der Waals surface area contributed by atoms with E-state index in [-0.39, 0.29) is 68.3 Å². The number of hydrogen-bond acceptors (Lipinski definition) is 12. The van der Waals surface area contributed by atoms with Gasteiger partial charge in [-0.3, -0.25) is 40.4 Å². The molecule has 67 heavy (non-hydrogen) atoms. The molecule has 2 heterocycles. The molecule has 384 valence electrons. The standard InChI is InChI=1S/C44H78N10O11S.ClH/c1-25(2)33(38(60)64-43(6,7)8)53-37(59)28(23-32(56)63-42(3,4)5)50-35(57)26(49-36(58)27(18-16-22-48-39(45)46)52-41(62)65-44(9,10)11)17-14-15-21-47-31(55)20-13-12-19-30-34-29(24-66-30)51-40(61)54-34;/h25-30,33-34H,12-24H2,1-11H3,(H,47,55)(H,49,58)(H,50,57)(H,52,62)(H,53,59)(H4,45,46,48)(H2,51,54,61);1H/t26-,27-,28-,29-,30-,33-,34-;/m0./s1. The van der Waals surface area contributed by atoms with Crippen LogP contribution in [-0.2, 0) is 43.0 Å².